The number of hydrogen-bond acceptors (Lipinski definition) is 4. The maximum Gasteiger partial charge on any atom is 0.454 e. The highest BCUT2D eigenvalue weighted by atomic mass is 19.4. The molecule has 0 N–H and O–H groups in total. The molecular formula is C44H31F6N3O2. The molecule has 1 saturated heterocycles. The molecular weight excluding hydrogens is 716 g/mol. The van der Waals surface area contributed by atoms with E-state index in [0.717, 1.165) is 45.2 Å². The third kappa shape index (κ3) is 6.53. The Bertz CT molecular complexity index is 2560. The van der Waals surface area contributed by atoms with Crippen molar-refractivity contribution in [3.05, 3.63) is 149 Å². The van der Waals surface area contributed by atoms with Gasteiger partial charge in [-0.3, -0.25) is 14.6 Å². The fourth-order valence-electron chi connectivity index (χ4n) is 7.47. The lowest BCUT2D eigenvalue weighted by atomic mass is 9.88. The van der Waals surface area contributed by atoms with Gasteiger partial charge in [-0.25, -0.2) is 0 Å². The van der Waals surface area contributed by atoms with Crippen LogP contribution in [-0.4, -0.2) is 46.6 Å². The fourth-order valence-corrected chi connectivity index (χ4v) is 7.47. The van der Waals surface area contributed by atoms with Crippen LogP contribution in [0.3, 0.4) is 0 Å². The van der Waals surface area contributed by atoms with E-state index in [1.54, 1.807) is 26.1 Å². The first kappa shape index (κ1) is 35.8. The number of benzene rings is 5. The third-order valence-corrected chi connectivity index (χ3v) is 10.4. The zero-order valence-electron chi connectivity index (χ0n) is 29.5. The summed E-state index contributed by atoms with van der Waals surface area (Å²) in [5, 5.41) is 2.07. The lowest BCUT2D eigenvalue weighted by Crippen LogP contribution is -2.45. The van der Waals surface area contributed by atoms with Crippen molar-refractivity contribution in [1.82, 2.24) is 9.55 Å². The molecule has 276 valence electrons. The molecule has 3 heterocycles. The number of fused-ring (bicyclic) bond motifs is 3. The van der Waals surface area contributed by atoms with E-state index in [9.17, 15) is 35.9 Å². The third-order valence-electron chi connectivity index (χ3n) is 10.4. The van der Waals surface area contributed by atoms with Crippen molar-refractivity contribution in [3.8, 4) is 27.9 Å². The molecule has 8 rings (SSSR count). The van der Waals surface area contributed by atoms with E-state index < -0.39 is 35.0 Å². The van der Waals surface area contributed by atoms with E-state index in [-0.39, 0.29) is 5.92 Å². The molecule has 0 spiro atoms. The summed E-state index contributed by atoms with van der Waals surface area (Å²) in [6, 6.07) is 31.3. The summed E-state index contributed by atoms with van der Waals surface area (Å²) in [6.07, 6.45) is -6.53. The van der Waals surface area contributed by atoms with Crippen LogP contribution in [0.15, 0.2) is 122 Å². The number of hydrogen-bond donors (Lipinski definition) is 0. The van der Waals surface area contributed by atoms with Crippen molar-refractivity contribution in [2.24, 2.45) is 0 Å². The van der Waals surface area contributed by atoms with Gasteiger partial charge < -0.3 is 9.47 Å². The topological polar surface area (TPSA) is 55.2 Å². The molecule has 55 heavy (non-hydrogen) atoms. The average Bonchev–Trinajstić information content (AvgIpc) is 3.47. The van der Waals surface area contributed by atoms with Crippen LogP contribution < -0.4 is 4.90 Å². The summed E-state index contributed by atoms with van der Waals surface area (Å²) in [7, 11) is 0. The van der Waals surface area contributed by atoms with Gasteiger partial charge in [-0.2, -0.15) is 26.3 Å². The molecule has 5 aromatic carbocycles. The summed E-state index contributed by atoms with van der Waals surface area (Å²) >= 11 is 0. The minimum atomic E-state index is -5.08. The zero-order valence-corrected chi connectivity index (χ0v) is 29.5. The number of alkyl halides is 6. The molecule has 11 heteroatoms. The SMILES string of the molecule is Cc1ccc(C(=O)C(F)(F)F)cc1-c1cc(-c2cc(C(=O)C(F)(F)F)ccc2C)cc(N2CC(c3ccc4c(c3)c3cnccc3n4-c3ccccc3)C2)c1. The van der Waals surface area contributed by atoms with Gasteiger partial charge in [-0.1, -0.05) is 48.5 Å². The summed E-state index contributed by atoms with van der Waals surface area (Å²) in [5.74, 6) is -3.85. The number of para-hydroxylation sites is 1. The van der Waals surface area contributed by atoms with Gasteiger partial charge in [-0.15, -0.1) is 0 Å². The van der Waals surface area contributed by atoms with Crippen molar-refractivity contribution < 1.29 is 35.9 Å². The van der Waals surface area contributed by atoms with E-state index in [1.165, 1.54) is 24.3 Å². The molecule has 1 fully saturated rings. The molecule has 2 aromatic heterocycles. The number of rotatable bonds is 7. The number of anilines is 1. The van der Waals surface area contributed by atoms with Crippen LogP contribution in [-0.2, 0) is 0 Å². The predicted octanol–water partition coefficient (Wildman–Crippen LogP) is 11.2. The maximum atomic E-state index is 13.5. The van der Waals surface area contributed by atoms with Crippen LogP contribution in [0.2, 0.25) is 0 Å². The first-order valence-corrected chi connectivity index (χ1v) is 17.5. The van der Waals surface area contributed by atoms with Crippen molar-refractivity contribution in [2.45, 2.75) is 32.1 Å². The minimum absolute atomic E-state index is 0.118. The summed E-state index contributed by atoms with van der Waals surface area (Å²) in [6.45, 7) is 4.58. The summed E-state index contributed by atoms with van der Waals surface area (Å²) < 4.78 is 83.0. The largest absolute Gasteiger partial charge is 0.454 e. The lowest BCUT2D eigenvalue weighted by molar-refractivity contribution is -0.0888. The summed E-state index contributed by atoms with van der Waals surface area (Å²) in [4.78, 5) is 31.0. The number of nitrogens with zero attached hydrogens (tertiary/aromatic N) is 3. The number of Topliss-reactive ketones (excluding diaryl/α,β-unsaturated/α-hetero) is 2. The molecule has 0 unspecified atom stereocenters. The number of ketones is 2. The fraction of sp³-hybridized carbons (Fsp3) is 0.159. The van der Waals surface area contributed by atoms with Gasteiger partial charge in [0.1, 0.15) is 0 Å². The number of carbonyl (C=O) groups is 2. The number of aromatic nitrogens is 2. The van der Waals surface area contributed by atoms with Gasteiger partial charge in [0.05, 0.1) is 11.0 Å². The molecule has 5 nitrogen and oxygen atoms in total. The van der Waals surface area contributed by atoms with E-state index in [1.807, 2.05) is 42.6 Å². The standard InChI is InChI=1S/C44H31F6N3O2/c1-25-8-10-28(41(54)43(45,46)47)20-35(25)30-16-31(36-21-29(11-9-26(36)2)42(55)44(48,49)50)18-34(17-30)52-23-32(24-52)27-12-13-39-37(19-27)38-22-51-15-14-40(38)53(39)33-6-4-3-5-7-33/h3-22,32H,23-24H2,1-2H3. The van der Waals surface area contributed by atoms with Crippen LogP contribution in [0.4, 0.5) is 32.0 Å². The normalized spacial score (nSPS) is 13.7. The molecule has 0 saturated carbocycles. The molecule has 7 aromatic rings. The summed E-state index contributed by atoms with van der Waals surface area (Å²) in [5.41, 5.74) is 6.70. The molecule has 0 amide bonds. The van der Waals surface area contributed by atoms with Gasteiger partial charge in [0.2, 0.25) is 0 Å². The van der Waals surface area contributed by atoms with Gasteiger partial charge in [-0.05, 0) is 113 Å². The van der Waals surface area contributed by atoms with Gasteiger partial charge in [0.15, 0.2) is 0 Å². The van der Waals surface area contributed by atoms with Crippen molar-refractivity contribution in [3.63, 3.8) is 0 Å². The van der Waals surface area contributed by atoms with E-state index in [0.29, 0.717) is 52.2 Å². The zero-order chi connectivity index (χ0) is 38.8. The van der Waals surface area contributed by atoms with Gasteiger partial charge in [0, 0.05) is 64.7 Å². The Balaban J connectivity index is 1.19. The lowest BCUT2D eigenvalue weighted by Gasteiger charge is -2.42. The van der Waals surface area contributed by atoms with Crippen LogP contribution in [0, 0.1) is 13.8 Å². The number of carbonyl (C=O) groups excluding carboxylic acids is 2. The van der Waals surface area contributed by atoms with E-state index in [2.05, 4.69) is 44.8 Å². The molecule has 0 bridgehead atoms. The Labute approximate surface area is 311 Å². The number of pyridine rings is 1. The van der Waals surface area contributed by atoms with Crippen LogP contribution >= 0.6 is 0 Å². The smallest absolute Gasteiger partial charge is 0.370 e. The monoisotopic (exact) mass is 747 g/mol. The first-order chi connectivity index (χ1) is 26.2. The first-order valence-electron chi connectivity index (χ1n) is 17.5. The van der Waals surface area contributed by atoms with Crippen LogP contribution in [0.1, 0.15) is 43.3 Å². The number of aryl methyl sites for hydroxylation is 2. The Morgan fingerprint density at radius 1 is 0.618 bits per heavy atom. The van der Waals surface area contributed by atoms with Crippen LogP contribution in [0.5, 0.6) is 0 Å². The maximum absolute atomic E-state index is 13.5. The van der Waals surface area contributed by atoms with Crippen molar-refractivity contribution >= 4 is 39.1 Å². The van der Waals surface area contributed by atoms with E-state index >= 15 is 0 Å². The molecule has 0 atom stereocenters. The Hall–Kier alpha value is -6.23. The second-order valence-corrected chi connectivity index (χ2v) is 13.9. The van der Waals surface area contributed by atoms with E-state index in [4.69, 9.17) is 0 Å². The Morgan fingerprint density at radius 2 is 1.18 bits per heavy atom. The van der Waals surface area contributed by atoms with Crippen LogP contribution in [0.25, 0.3) is 49.7 Å². The molecule has 0 radical (unpaired) electrons. The number of halogens is 6. The predicted molar refractivity (Wildman–Crippen MR) is 201 cm³/mol. The highest BCUT2D eigenvalue weighted by molar-refractivity contribution is 6.09. The minimum Gasteiger partial charge on any atom is -0.370 e. The Kier molecular flexibility index (Phi) is 8.63. The Morgan fingerprint density at radius 3 is 1.75 bits per heavy atom. The molecule has 0 aliphatic carbocycles. The quantitative estimate of drug-likeness (QED) is 0.120. The second kappa shape index (κ2) is 13.3. The molecule has 1 aliphatic rings. The average molecular weight is 748 g/mol. The van der Waals surface area contributed by atoms with Gasteiger partial charge in [0.25, 0.3) is 11.6 Å². The highest BCUT2D eigenvalue weighted by Gasteiger charge is 2.40. The van der Waals surface area contributed by atoms with Crippen molar-refractivity contribution in [1.29, 1.82) is 0 Å². The van der Waals surface area contributed by atoms with Crippen molar-refractivity contribution in [2.75, 3.05) is 18.0 Å². The van der Waals surface area contributed by atoms with Gasteiger partial charge >= 0.3 is 12.4 Å². The molecule has 1 aliphatic heterocycles. The highest BCUT2D eigenvalue weighted by Crippen LogP contribution is 2.41. The second-order valence-electron chi connectivity index (χ2n) is 13.9.